The second kappa shape index (κ2) is 7.59. The Hall–Kier alpha value is -0.810. The molecule has 0 amide bonds. The minimum absolute atomic E-state index is 0.0754. The van der Waals surface area contributed by atoms with Gasteiger partial charge in [0.1, 0.15) is 0 Å². The molecule has 2 N–H and O–H groups in total. The Bertz CT molecular complexity index is 419. The molecule has 0 aromatic carbocycles. The third-order valence-corrected chi connectivity index (χ3v) is 4.04. The molecule has 5 heteroatoms. The summed E-state index contributed by atoms with van der Waals surface area (Å²) in [5, 5.41) is 4.21. The van der Waals surface area contributed by atoms with Crippen LogP contribution in [0, 0.1) is 12.8 Å². The van der Waals surface area contributed by atoms with Crippen LogP contribution in [0.25, 0.3) is 0 Å². The second-order valence-corrected chi connectivity index (χ2v) is 5.56. The fraction of sp³-hybridized carbons (Fsp3) is 0.692. The number of H-pyrrole nitrogens is 1. The number of thioether (sulfide) groups is 1. The average Bonchev–Trinajstić information content (AvgIpc) is 2.32. The van der Waals surface area contributed by atoms with Gasteiger partial charge in [-0.15, -0.1) is 0 Å². The van der Waals surface area contributed by atoms with Crippen LogP contribution in [0.15, 0.2) is 16.0 Å². The number of hydrogen-bond acceptors (Lipinski definition) is 4. The summed E-state index contributed by atoms with van der Waals surface area (Å²) in [6.07, 6.45) is 1.15. The van der Waals surface area contributed by atoms with Crippen molar-refractivity contribution in [1.29, 1.82) is 0 Å². The quantitative estimate of drug-likeness (QED) is 0.588. The highest BCUT2D eigenvalue weighted by molar-refractivity contribution is 7.99. The first-order valence-electron chi connectivity index (χ1n) is 6.51. The lowest BCUT2D eigenvalue weighted by molar-refractivity contribution is 0.403. The van der Waals surface area contributed by atoms with Crippen molar-refractivity contribution < 1.29 is 0 Å². The van der Waals surface area contributed by atoms with Crippen molar-refractivity contribution >= 4 is 11.8 Å². The van der Waals surface area contributed by atoms with Crippen molar-refractivity contribution in [3.8, 4) is 0 Å². The Kier molecular flexibility index (Phi) is 6.43. The molecule has 0 radical (unpaired) electrons. The van der Waals surface area contributed by atoms with Gasteiger partial charge in [0.2, 0.25) is 0 Å². The Morgan fingerprint density at radius 3 is 2.78 bits per heavy atom. The number of rotatable bonds is 7. The van der Waals surface area contributed by atoms with E-state index in [9.17, 15) is 4.79 Å². The molecular formula is C13H23N3OS. The Balaban J connectivity index is 2.63. The predicted molar refractivity (Wildman–Crippen MR) is 77.2 cm³/mol. The largest absolute Gasteiger partial charge is 0.313 e. The number of aromatic amines is 1. The normalized spacial score (nSPS) is 14.4. The van der Waals surface area contributed by atoms with Gasteiger partial charge in [0.05, 0.1) is 0 Å². The zero-order valence-electron chi connectivity index (χ0n) is 11.6. The van der Waals surface area contributed by atoms with Crippen molar-refractivity contribution in [2.24, 2.45) is 5.92 Å². The molecule has 0 saturated heterocycles. The summed E-state index contributed by atoms with van der Waals surface area (Å²) >= 11 is 1.61. The molecule has 1 rings (SSSR count). The third-order valence-electron chi connectivity index (χ3n) is 3.04. The smallest absolute Gasteiger partial charge is 0.251 e. The van der Waals surface area contributed by atoms with Gasteiger partial charge in [0, 0.05) is 23.6 Å². The van der Waals surface area contributed by atoms with E-state index >= 15 is 0 Å². The SMILES string of the molecule is CCNC(CSc1nc(C)cc(=O)[nH]1)C(C)CC. The fourth-order valence-corrected chi connectivity index (χ4v) is 2.92. The summed E-state index contributed by atoms with van der Waals surface area (Å²) in [7, 11) is 0. The van der Waals surface area contributed by atoms with Gasteiger partial charge in [-0.25, -0.2) is 4.98 Å². The van der Waals surface area contributed by atoms with Crippen LogP contribution >= 0.6 is 11.8 Å². The molecule has 102 valence electrons. The maximum absolute atomic E-state index is 11.3. The molecule has 0 aliphatic heterocycles. The minimum atomic E-state index is -0.0754. The summed E-state index contributed by atoms with van der Waals surface area (Å²) in [6.45, 7) is 9.38. The Morgan fingerprint density at radius 1 is 1.50 bits per heavy atom. The lowest BCUT2D eigenvalue weighted by Gasteiger charge is -2.23. The van der Waals surface area contributed by atoms with Crippen molar-refractivity contribution in [1.82, 2.24) is 15.3 Å². The molecule has 0 aliphatic rings. The van der Waals surface area contributed by atoms with Gasteiger partial charge in [-0.05, 0) is 19.4 Å². The van der Waals surface area contributed by atoms with Gasteiger partial charge in [-0.2, -0.15) is 0 Å². The maximum atomic E-state index is 11.3. The third kappa shape index (κ3) is 4.82. The van der Waals surface area contributed by atoms with E-state index in [1.165, 1.54) is 6.07 Å². The van der Waals surface area contributed by atoms with Gasteiger partial charge < -0.3 is 10.3 Å². The standard InChI is InChI=1S/C13H23N3OS/c1-5-9(3)11(14-6-2)8-18-13-15-10(4)7-12(17)16-13/h7,9,11,14H,5-6,8H2,1-4H3,(H,15,16,17). The number of nitrogens with one attached hydrogen (secondary N) is 2. The first kappa shape index (κ1) is 15.2. The first-order chi connectivity index (χ1) is 8.56. The zero-order chi connectivity index (χ0) is 13.5. The lowest BCUT2D eigenvalue weighted by Crippen LogP contribution is -2.36. The van der Waals surface area contributed by atoms with E-state index in [4.69, 9.17) is 0 Å². The highest BCUT2D eigenvalue weighted by Gasteiger charge is 2.15. The van der Waals surface area contributed by atoms with Crippen LogP contribution in [0.4, 0.5) is 0 Å². The second-order valence-electron chi connectivity index (χ2n) is 4.55. The average molecular weight is 269 g/mol. The van der Waals surface area contributed by atoms with Crippen molar-refractivity contribution in [2.45, 2.75) is 45.3 Å². The number of hydrogen-bond donors (Lipinski definition) is 2. The molecule has 0 fully saturated rings. The lowest BCUT2D eigenvalue weighted by atomic mass is 10.0. The topological polar surface area (TPSA) is 57.8 Å². The molecule has 2 unspecified atom stereocenters. The van der Waals surface area contributed by atoms with Gasteiger partial charge in [-0.1, -0.05) is 39.0 Å². The molecular weight excluding hydrogens is 246 g/mol. The van der Waals surface area contributed by atoms with E-state index < -0.39 is 0 Å². The highest BCUT2D eigenvalue weighted by Crippen LogP contribution is 2.18. The number of aryl methyl sites for hydroxylation is 1. The van der Waals surface area contributed by atoms with E-state index in [1.807, 2.05) is 6.92 Å². The van der Waals surface area contributed by atoms with Crippen LogP contribution in [0.5, 0.6) is 0 Å². The van der Waals surface area contributed by atoms with Crippen LogP contribution in [-0.4, -0.2) is 28.3 Å². The van der Waals surface area contributed by atoms with Crippen molar-refractivity contribution in [2.75, 3.05) is 12.3 Å². The van der Waals surface area contributed by atoms with Crippen molar-refractivity contribution in [3.63, 3.8) is 0 Å². The summed E-state index contributed by atoms with van der Waals surface area (Å²) in [5.74, 6) is 1.55. The molecule has 18 heavy (non-hydrogen) atoms. The van der Waals surface area contributed by atoms with Crippen LogP contribution in [0.1, 0.15) is 32.9 Å². The number of aromatic nitrogens is 2. The van der Waals surface area contributed by atoms with Gasteiger partial charge >= 0.3 is 0 Å². The van der Waals surface area contributed by atoms with Crippen LogP contribution in [-0.2, 0) is 0 Å². The molecule has 1 heterocycles. The fourth-order valence-electron chi connectivity index (χ4n) is 1.76. The number of nitrogens with zero attached hydrogens (tertiary/aromatic N) is 1. The van der Waals surface area contributed by atoms with E-state index in [-0.39, 0.29) is 5.56 Å². The van der Waals surface area contributed by atoms with Crippen LogP contribution in [0.2, 0.25) is 0 Å². The van der Waals surface area contributed by atoms with E-state index in [0.29, 0.717) is 17.1 Å². The van der Waals surface area contributed by atoms with Crippen LogP contribution in [0.3, 0.4) is 0 Å². The summed E-state index contributed by atoms with van der Waals surface area (Å²) in [4.78, 5) is 18.4. The Labute approximate surface area is 113 Å². The minimum Gasteiger partial charge on any atom is -0.313 e. The van der Waals surface area contributed by atoms with Gasteiger partial charge in [0.15, 0.2) is 5.16 Å². The molecule has 0 spiro atoms. The Morgan fingerprint density at radius 2 is 2.22 bits per heavy atom. The molecule has 1 aromatic heterocycles. The highest BCUT2D eigenvalue weighted by atomic mass is 32.2. The molecule has 1 aromatic rings. The van der Waals surface area contributed by atoms with E-state index in [2.05, 4.69) is 36.1 Å². The molecule has 0 bridgehead atoms. The molecule has 4 nitrogen and oxygen atoms in total. The molecule has 0 aliphatic carbocycles. The predicted octanol–water partition coefficient (Wildman–Crippen LogP) is 2.19. The maximum Gasteiger partial charge on any atom is 0.251 e. The summed E-state index contributed by atoms with van der Waals surface area (Å²) < 4.78 is 0. The monoisotopic (exact) mass is 269 g/mol. The van der Waals surface area contributed by atoms with Crippen LogP contribution < -0.4 is 10.9 Å². The molecule has 0 saturated carbocycles. The van der Waals surface area contributed by atoms with E-state index in [0.717, 1.165) is 24.4 Å². The zero-order valence-corrected chi connectivity index (χ0v) is 12.4. The summed E-state index contributed by atoms with van der Waals surface area (Å²) in [6, 6.07) is 1.97. The first-order valence-corrected chi connectivity index (χ1v) is 7.49. The summed E-state index contributed by atoms with van der Waals surface area (Å²) in [5.41, 5.74) is 0.693. The van der Waals surface area contributed by atoms with E-state index in [1.54, 1.807) is 11.8 Å². The molecule has 2 atom stereocenters. The van der Waals surface area contributed by atoms with Gasteiger partial charge in [-0.3, -0.25) is 4.79 Å². The van der Waals surface area contributed by atoms with Gasteiger partial charge in [0.25, 0.3) is 5.56 Å². The van der Waals surface area contributed by atoms with Crippen molar-refractivity contribution in [3.05, 3.63) is 22.1 Å².